The van der Waals surface area contributed by atoms with Crippen LogP contribution in [0, 0.1) is 5.92 Å². The first kappa shape index (κ1) is 7.07. The van der Waals surface area contributed by atoms with Crippen molar-refractivity contribution in [3.05, 3.63) is 0 Å². The molecule has 1 aliphatic heterocycles. The van der Waals surface area contributed by atoms with Crippen molar-refractivity contribution in [2.45, 2.75) is 39.3 Å². The first-order chi connectivity index (χ1) is 3.98. The minimum Gasteiger partial charge on any atom is -0.295 e. The molecule has 1 fully saturated rings. The van der Waals surface area contributed by atoms with Crippen LogP contribution in [0.5, 0.6) is 0 Å². The number of rotatable bonds is 1. The molecule has 0 amide bonds. The van der Waals surface area contributed by atoms with Crippen LogP contribution in [-0.4, -0.2) is 23.5 Å². The highest BCUT2D eigenvalue weighted by Gasteiger charge is 2.53. The lowest BCUT2D eigenvalue weighted by Crippen LogP contribution is -2.08. The minimum absolute atomic E-state index is 0.480. The molecule has 0 aromatic heterocycles. The van der Waals surface area contributed by atoms with Crippen LogP contribution in [-0.2, 0) is 0 Å². The molecule has 0 aromatic carbocycles. The molecule has 2 atom stereocenters. The number of hydrogen-bond acceptors (Lipinski definition) is 1. The molecule has 1 aliphatic rings. The van der Waals surface area contributed by atoms with Gasteiger partial charge in [-0.05, 0) is 26.8 Å². The summed E-state index contributed by atoms with van der Waals surface area (Å²) < 4.78 is 0. The average molecular weight is 127 g/mol. The molecule has 2 unspecified atom stereocenters. The van der Waals surface area contributed by atoms with Gasteiger partial charge in [0.15, 0.2) is 0 Å². The monoisotopic (exact) mass is 127 g/mol. The first-order valence-electron chi connectivity index (χ1n) is 3.71. The molecule has 9 heavy (non-hydrogen) atoms. The molecule has 54 valence electrons. The SMILES string of the molecule is CC(C)C1N(C)C1(C)C. The normalized spacial score (nSPS) is 39.3. The summed E-state index contributed by atoms with van der Waals surface area (Å²) in [6.45, 7) is 9.18. The van der Waals surface area contributed by atoms with E-state index in [9.17, 15) is 0 Å². The van der Waals surface area contributed by atoms with Crippen LogP contribution >= 0.6 is 0 Å². The Labute approximate surface area is 58.0 Å². The summed E-state index contributed by atoms with van der Waals surface area (Å²) in [7, 11) is 2.20. The molecule has 1 rings (SSSR count). The van der Waals surface area contributed by atoms with Crippen molar-refractivity contribution < 1.29 is 0 Å². The van der Waals surface area contributed by atoms with Crippen LogP contribution in [0.4, 0.5) is 0 Å². The van der Waals surface area contributed by atoms with Crippen LogP contribution in [0.15, 0.2) is 0 Å². The Bertz CT molecular complexity index is 116. The summed E-state index contributed by atoms with van der Waals surface area (Å²) in [5.41, 5.74) is 0.480. The zero-order chi connectivity index (χ0) is 7.23. The molecule has 0 radical (unpaired) electrons. The molecule has 1 heteroatoms. The van der Waals surface area contributed by atoms with Crippen molar-refractivity contribution in [1.29, 1.82) is 0 Å². The van der Waals surface area contributed by atoms with Gasteiger partial charge in [-0.2, -0.15) is 0 Å². The zero-order valence-corrected chi connectivity index (χ0v) is 7.10. The van der Waals surface area contributed by atoms with Gasteiger partial charge in [-0.15, -0.1) is 0 Å². The van der Waals surface area contributed by atoms with E-state index < -0.39 is 0 Å². The fourth-order valence-corrected chi connectivity index (χ4v) is 1.97. The Kier molecular flexibility index (Phi) is 1.35. The lowest BCUT2D eigenvalue weighted by atomic mass is 10.0. The van der Waals surface area contributed by atoms with Gasteiger partial charge in [0.1, 0.15) is 0 Å². The van der Waals surface area contributed by atoms with Gasteiger partial charge in [-0.3, -0.25) is 4.90 Å². The molecular formula is C8H17N. The second-order valence-corrected chi connectivity index (χ2v) is 3.95. The standard InChI is InChI=1S/C8H17N/c1-6(2)7-8(3,4)9(7)5/h6-7H,1-5H3. The smallest absolute Gasteiger partial charge is 0.0311 e. The maximum Gasteiger partial charge on any atom is 0.0311 e. The summed E-state index contributed by atoms with van der Waals surface area (Å²) in [5.74, 6) is 0.810. The van der Waals surface area contributed by atoms with E-state index in [-0.39, 0.29) is 0 Å². The van der Waals surface area contributed by atoms with Crippen LogP contribution in [0.25, 0.3) is 0 Å². The second kappa shape index (κ2) is 1.72. The van der Waals surface area contributed by atoms with Crippen molar-refractivity contribution >= 4 is 0 Å². The van der Waals surface area contributed by atoms with Crippen LogP contribution in [0.2, 0.25) is 0 Å². The maximum atomic E-state index is 2.43. The van der Waals surface area contributed by atoms with Gasteiger partial charge in [-0.25, -0.2) is 0 Å². The third kappa shape index (κ3) is 0.877. The van der Waals surface area contributed by atoms with Gasteiger partial charge in [-0.1, -0.05) is 13.8 Å². The van der Waals surface area contributed by atoms with Gasteiger partial charge in [0.25, 0.3) is 0 Å². The molecule has 0 spiro atoms. The van der Waals surface area contributed by atoms with E-state index in [1.54, 1.807) is 0 Å². The van der Waals surface area contributed by atoms with Gasteiger partial charge >= 0.3 is 0 Å². The van der Waals surface area contributed by atoms with Crippen molar-refractivity contribution in [1.82, 2.24) is 4.90 Å². The van der Waals surface area contributed by atoms with Crippen molar-refractivity contribution in [2.75, 3.05) is 7.05 Å². The highest BCUT2D eigenvalue weighted by molar-refractivity contribution is 5.10. The van der Waals surface area contributed by atoms with Gasteiger partial charge in [0, 0.05) is 11.6 Å². The Morgan fingerprint density at radius 1 is 1.33 bits per heavy atom. The van der Waals surface area contributed by atoms with Gasteiger partial charge in [0.2, 0.25) is 0 Å². The molecule has 1 heterocycles. The molecule has 0 bridgehead atoms. The first-order valence-corrected chi connectivity index (χ1v) is 3.71. The van der Waals surface area contributed by atoms with Crippen molar-refractivity contribution in [3.8, 4) is 0 Å². The van der Waals surface area contributed by atoms with E-state index in [2.05, 4.69) is 39.6 Å². The highest BCUT2D eigenvalue weighted by Crippen LogP contribution is 2.42. The van der Waals surface area contributed by atoms with E-state index in [0.29, 0.717) is 5.54 Å². The van der Waals surface area contributed by atoms with E-state index >= 15 is 0 Å². The highest BCUT2D eigenvalue weighted by atomic mass is 15.4. The topological polar surface area (TPSA) is 3.01 Å². The van der Waals surface area contributed by atoms with Crippen molar-refractivity contribution in [3.63, 3.8) is 0 Å². The Balaban J connectivity index is 2.52. The molecule has 0 saturated carbocycles. The molecule has 1 nitrogen and oxygen atoms in total. The minimum atomic E-state index is 0.480. The fraction of sp³-hybridized carbons (Fsp3) is 1.00. The summed E-state index contributed by atoms with van der Waals surface area (Å²) >= 11 is 0. The van der Waals surface area contributed by atoms with Crippen LogP contribution < -0.4 is 0 Å². The Hall–Kier alpha value is -0.0400. The molecule has 0 aliphatic carbocycles. The Morgan fingerprint density at radius 3 is 1.67 bits per heavy atom. The lowest BCUT2D eigenvalue weighted by Gasteiger charge is -2.01. The molecule has 0 N–H and O–H groups in total. The third-order valence-corrected chi connectivity index (χ3v) is 2.61. The van der Waals surface area contributed by atoms with Crippen molar-refractivity contribution in [2.24, 2.45) is 5.92 Å². The van der Waals surface area contributed by atoms with Gasteiger partial charge < -0.3 is 0 Å². The maximum absolute atomic E-state index is 2.43. The summed E-state index contributed by atoms with van der Waals surface area (Å²) in [6, 6.07) is 0.817. The van der Waals surface area contributed by atoms with E-state index in [4.69, 9.17) is 0 Å². The summed E-state index contributed by atoms with van der Waals surface area (Å²) in [4.78, 5) is 2.43. The number of hydrogen-bond donors (Lipinski definition) is 0. The third-order valence-electron chi connectivity index (χ3n) is 2.61. The van der Waals surface area contributed by atoms with Crippen LogP contribution in [0.1, 0.15) is 27.7 Å². The number of likely N-dealkylation sites (N-methyl/N-ethyl adjacent to an activating group) is 1. The van der Waals surface area contributed by atoms with E-state index in [0.717, 1.165) is 12.0 Å². The molecule has 1 saturated heterocycles. The molecular weight excluding hydrogens is 110 g/mol. The largest absolute Gasteiger partial charge is 0.295 e. The summed E-state index contributed by atoms with van der Waals surface area (Å²) in [6.07, 6.45) is 0. The zero-order valence-electron chi connectivity index (χ0n) is 7.10. The average Bonchev–Trinajstić information content (AvgIpc) is 2.07. The molecule has 0 aromatic rings. The quantitative estimate of drug-likeness (QED) is 0.485. The lowest BCUT2D eigenvalue weighted by molar-refractivity contribution is 0.492. The van der Waals surface area contributed by atoms with E-state index in [1.165, 1.54) is 0 Å². The predicted octanol–water partition coefficient (Wildman–Crippen LogP) is 1.74. The van der Waals surface area contributed by atoms with Crippen LogP contribution in [0.3, 0.4) is 0 Å². The van der Waals surface area contributed by atoms with E-state index in [1.807, 2.05) is 0 Å². The van der Waals surface area contributed by atoms with Gasteiger partial charge in [0.05, 0.1) is 0 Å². The fourth-order valence-electron chi connectivity index (χ4n) is 1.97. The number of nitrogens with zero attached hydrogens (tertiary/aromatic N) is 1. The summed E-state index contributed by atoms with van der Waals surface area (Å²) in [5, 5.41) is 0. The predicted molar refractivity (Wildman–Crippen MR) is 40.5 cm³/mol. The second-order valence-electron chi connectivity index (χ2n) is 3.95. The Morgan fingerprint density at radius 2 is 1.67 bits per heavy atom.